The summed E-state index contributed by atoms with van der Waals surface area (Å²) < 4.78 is 52.1. The van der Waals surface area contributed by atoms with Crippen LogP contribution in [0.25, 0.3) is 0 Å². The maximum Gasteiger partial charge on any atom is 0.240 e. The fourth-order valence-electron chi connectivity index (χ4n) is 5.18. The summed E-state index contributed by atoms with van der Waals surface area (Å²) in [6.45, 7) is 3.11. The van der Waals surface area contributed by atoms with E-state index in [9.17, 15) is 14.0 Å². The molecule has 0 spiro atoms. The number of anilines is 1. The minimum atomic E-state index is -1.23. The first kappa shape index (κ1) is 26.8. The number of rotatable bonds is 8. The molecule has 214 valence electrons. The predicted octanol–water partition coefficient (Wildman–Crippen LogP) is 4.48. The number of dihydropyridines is 1. The van der Waals surface area contributed by atoms with Crippen LogP contribution in [-0.4, -0.2) is 49.9 Å². The Labute approximate surface area is 235 Å². The Hall–Kier alpha value is -4.41. The van der Waals surface area contributed by atoms with Gasteiger partial charge in [-0.3, -0.25) is 14.6 Å². The second kappa shape index (κ2) is 10.9. The molecular formula is C30H29F2N3O6. The van der Waals surface area contributed by atoms with Crippen LogP contribution in [-0.2, 0) is 28.5 Å². The van der Waals surface area contributed by atoms with Crippen LogP contribution in [0.4, 0.5) is 14.5 Å². The van der Waals surface area contributed by atoms with Gasteiger partial charge in [-0.05, 0) is 56.2 Å². The summed E-state index contributed by atoms with van der Waals surface area (Å²) in [5.74, 6) is 0.138. The fourth-order valence-corrected chi connectivity index (χ4v) is 5.18. The van der Waals surface area contributed by atoms with Crippen molar-refractivity contribution in [1.82, 2.24) is 5.32 Å². The second-order valence-corrected chi connectivity index (χ2v) is 10.2. The zero-order valence-electron chi connectivity index (χ0n) is 22.4. The fraction of sp³-hybridized carbons (Fsp3) is 0.367. The molecule has 1 saturated heterocycles. The van der Waals surface area contributed by atoms with E-state index in [0.717, 1.165) is 0 Å². The first-order chi connectivity index (χ1) is 19.9. The molecule has 0 radical (unpaired) electrons. The largest absolute Gasteiger partial charge is 0.494 e. The highest BCUT2D eigenvalue weighted by Crippen LogP contribution is 2.47. The third-order valence-electron chi connectivity index (χ3n) is 7.47. The van der Waals surface area contributed by atoms with E-state index in [-0.39, 0.29) is 18.2 Å². The molecule has 2 atom stereocenters. The quantitative estimate of drug-likeness (QED) is 0.451. The first-order valence-electron chi connectivity index (χ1n) is 13.6. The molecule has 5 aliphatic rings. The molecule has 6 rings (SSSR count). The van der Waals surface area contributed by atoms with Crippen LogP contribution in [0, 0.1) is 11.2 Å². The van der Waals surface area contributed by atoms with Crippen LogP contribution in [0.2, 0.25) is 0 Å². The molecule has 3 aliphatic carbocycles. The average Bonchev–Trinajstić information content (AvgIpc) is 3.79. The summed E-state index contributed by atoms with van der Waals surface area (Å²) in [7, 11) is 0. The molecule has 1 aromatic rings. The normalized spacial score (nSPS) is 23.9. The number of benzene rings is 1. The van der Waals surface area contributed by atoms with Crippen molar-refractivity contribution in [3.8, 4) is 0 Å². The number of fused-ring (bicyclic) bond motifs is 2. The number of carbonyl (C=O) groups excluding carboxylic acids is 2. The molecule has 2 aliphatic heterocycles. The van der Waals surface area contributed by atoms with E-state index in [4.69, 9.17) is 18.9 Å². The van der Waals surface area contributed by atoms with Crippen LogP contribution < -0.4 is 10.6 Å². The highest BCUT2D eigenvalue weighted by atomic mass is 19.1. The number of amides is 2. The molecule has 11 heteroatoms. The molecule has 2 amide bonds. The standard InChI is InChI=1S/C30H29F2N3O6/c1-2-38-24-16-21-25(27-26(24)39-13-14-40-27)23(9-12-33-21)41-22-8-7-19(15-20(22)32)35-29(37)30(10-11-30)28(36)34-18-5-3-17(31)4-6-18/h3-9,12,19,21H,2,10-11,13-16H2,1H3,(H,34,36)(H,35,37). The molecule has 2 N–H and O–H groups in total. The van der Waals surface area contributed by atoms with Crippen LogP contribution in [0.3, 0.4) is 0 Å². The van der Waals surface area contributed by atoms with E-state index in [0.29, 0.717) is 73.4 Å². The van der Waals surface area contributed by atoms with Crippen LogP contribution in [0.5, 0.6) is 0 Å². The van der Waals surface area contributed by atoms with Gasteiger partial charge in [0, 0.05) is 24.7 Å². The van der Waals surface area contributed by atoms with Crippen molar-refractivity contribution in [2.24, 2.45) is 10.4 Å². The maximum atomic E-state index is 15.3. The number of hydrogen-bond donors (Lipinski definition) is 2. The van der Waals surface area contributed by atoms with Crippen molar-refractivity contribution in [1.29, 1.82) is 0 Å². The topological polar surface area (TPSA) is 107 Å². The average molecular weight is 566 g/mol. The first-order valence-corrected chi connectivity index (χ1v) is 13.6. The molecule has 41 heavy (non-hydrogen) atoms. The van der Waals surface area contributed by atoms with Gasteiger partial charge >= 0.3 is 0 Å². The van der Waals surface area contributed by atoms with E-state index >= 15 is 4.39 Å². The summed E-state index contributed by atoms with van der Waals surface area (Å²) >= 11 is 0. The van der Waals surface area contributed by atoms with Gasteiger partial charge < -0.3 is 29.6 Å². The van der Waals surface area contributed by atoms with E-state index < -0.39 is 34.9 Å². The van der Waals surface area contributed by atoms with Gasteiger partial charge in [0.05, 0.1) is 24.3 Å². The number of nitrogens with one attached hydrogen (secondary N) is 2. The number of allylic oxidation sites excluding steroid dienone is 2. The van der Waals surface area contributed by atoms with Crippen molar-refractivity contribution in [2.45, 2.75) is 44.7 Å². The van der Waals surface area contributed by atoms with Crippen LogP contribution in [0.15, 0.2) is 87.7 Å². The Morgan fingerprint density at radius 2 is 1.83 bits per heavy atom. The van der Waals surface area contributed by atoms with Crippen molar-refractivity contribution in [2.75, 3.05) is 25.1 Å². The number of nitrogens with zero attached hydrogens (tertiary/aromatic N) is 1. The summed E-state index contributed by atoms with van der Waals surface area (Å²) in [5, 5.41) is 5.44. The zero-order chi connectivity index (χ0) is 28.6. The molecule has 2 heterocycles. The molecule has 0 bridgehead atoms. The Morgan fingerprint density at radius 3 is 2.54 bits per heavy atom. The van der Waals surface area contributed by atoms with Gasteiger partial charge in [0.15, 0.2) is 17.3 Å². The van der Waals surface area contributed by atoms with E-state index in [1.54, 1.807) is 18.4 Å². The summed E-state index contributed by atoms with van der Waals surface area (Å²) in [5.41, 5.74) is -0.176. The maximum absolute atomic E-state index is 15.3. The van der Waals surface area contributed by atoms with E-state index in [2.05, 4.69) is 15.6 Å². The van der Waals surface area contributed by atoms with Gasteiger partial charge in [-0.15, -0.1) is 0 Å². The smallest absolute Gasteiger partial charge is 0.240 e. The van der Waals surface area contributed by atoms with Crippen molar-refractivity contribution >= 4 is 23.7 Å². The third kappa shape index (κ3) is 5.23. The van der Waals surface area contributed by atoms with Gasteiger partial charge in [0.25, 0.3) is 0 Å². The predicted molar refractivity (Wildman–Crippen MR) is 144 cm³/mol. The Bertz CT molecular complexity index is 1450. The third-order valence-corrected chi connectivity index (χ3v) is 7.47. The Kier molecular flexibility index (Phi) is 7.10. The van der Waals surface area contributed by atoms with Gasteiger partial charge in [-0.1, -0.05) is 6.08 Å². The summed E-state index contributed by atoms with van der Waals surface area (Å²) in [6, 6.07) is 4.32. The number of halogens is 2. The molecule has 1 saturated carbocycles. The van der Waals surface area contributed by atoms with Crippen molar-refractivity contribution in [3.05, 3.63) is 88.5 Å². The number of ether oxygens (including phenoxy) is 4. The molecule has 2 fully saturated rings. The monoisotopic (exact) mass is 565 g/mol. The zero-order valence-corrected chi connectivity index (χ0v) is 22.4. The van der Waals surface area contributed by atoms with Crippen LogP contribution >= 0.6 is 0 Å². The second-order valence-electron chi connectivity index (χ2n) is 10.2. The van der Waals surface area contributed by atoms with E-state index in [1.165, 1.54) is 30.3 Å². The van der Waals surface area contributed by atoms with Crippen LogP contribution in [0.1, 0.15) is 32.6 Å². The number of carbonyl (C=O) groups is 2. The summed E-state index contributed by atoms with van der Waals surface area (Å²) in [6.07, 6.45) is 7.44. The van der Waals surface area contributed by atoms with E-state index in [1.807, 2.05) is 6.92 Å². The Morgan fingerprint density at radius 1 is 1.07 bits per heavy atom. The molecule has 1 aromatic carbocycles. The van der Waals surface area contributed by atoms with Gasteiger partial charge in [-0.25, -0.2) is 8.78 Å². The van der Waals surface area contributed by atoms with Gasteiger partial charge in [0.1, 0.15) is 41.8 Å². The molecule has 0 aromatic heterocycles. The lowest BCUT2D eigenvalue weighted by atomic mass is 9.91. The molecular weight excluding hydrogens is 536 g/mol. The minimum Gasteiger partial charge on any atom is -0.494 e. The highest BCUT2D eigenvalue weighted by Gasteiger charge is 2.56. The van der Waals surface area contributed by atoms with Crippen molar-refractivity contribution < 1.29 is 37.3 Å². The number of aliphatic imine (C=N–C) groups is 1. The highest BCUT2D eigenvalue weighted by molar-refractivity contribution is 6.13. The Balaban J connectivity index is 1.12. The molecule has 2 unspecified atom stereocenters. The molecule has 9 nitrogen and oxygen atoms in total. The number of hydrogen-bond acceptors (Lipinski definition) is 7. The van der Waals surface area contributed by atoms with Gasteiger partial charge in [0.2, 0.25) is 11.8 Å². The van der Waals surface area contributed by atoms with Gasteiger partial charge in [-0.2, -0.15) is 0 Å². The summed E-state index contributed by atoms with van der Waals surface area (Å²) in [4.78, 5) is 30.4. The SMILES string of the molecule is CCOC1=C2OCCOC2=C2C(OC3=C(F)CC(NC(=O)C4(C(=O)Nc5ccc(F)cc5)CC4)C=C3)=CC=NC2C1. The lowest BCUT2D eigenvalue weighted by molar-refractivity contribution is -0.134. The lowest BCUT2D eigenvalue weighted by Gasteiger charge is -2.34. The minimum absolute atomic E-state index is 0.0111. The lowest BCUT2D eigenvalue weighted by Crippen LogP contribution is -2.44. The van der Waals surface area contributed by atoms with Crippen molar-refractivity contribution in [3.63, 3.8) is 0 Å².